The van der Waals surface area contributed by atoms with Crippen molar-refractivity contribution in [1.29, 1.82) is 0 Å². The highest BCUT2D eigenvalue weighted by atomic mass is 16.2. The lowest BCUT2D eigenvalue weighted by Crippen LogP contribution is -2.28. The number of benzene rings is 1. The van der Waals surface area contributed by atoms with Crippen LogP contribution < -0.4 is 22.0 Å². The summed E-state index contributed by atoms with van der Waals surface area (Å²) < 4.78 is 0. The van der Waals surface area contributed by atoms with Gasteiger partial charge in [0.2, 0.25) is 11.7 Å². The molecule has 4 N–H and O–H groups in total. The molecule has 23 heavy (non-hydrogen) atoms. The lowest BCUT2D eigenvalue weighted by molar-refractivity contribution is -0.120. The van der Waals surface area contributed by atoms with Gasteiger partial charge in [-0.2, -0.15) is 5.10 Å². The molecule has 1 heterocycles. The van der Waals surface area contributed by atoms with E-state index >= 15 is 0 Å². The second kappa shape index (κ2) is 7.69. The number of nitrogens with zero attached hydrogens (tertiary/aromatic N) is 2. The van der Waals surface area contributed by atoms with E-state index < -0.39 is 11.2 Å². The number of hydrogen-bond donors (Lipinski definition) is 4. The fraction of sp³-hybridized carbons (Fsp3) is 0.214. The van der Waals surface area contributed by atoms with E-state index in [4.69, 9.17) is 0 Å². The van der Waals surface area contributed by atoms with Crippen molar-refractivity contribution in [3.63, 3.8) is 0 Å². The van der Waals surface area contributed by atoms with Crippen molar-refractivity contribution in [3.8, 4) is 0 Å². The predicted molar refractivity (Wildman–Crippen MR) is 85.5 cm³/mol. The third-order valence-electron chi connectivity index (χ3n) is 2.80. The van der Waals surface area contributed by atoms with Crippen molar-refractivity contribution in [2.75, 3.05) is 11.9 Å². The molecule has 2 aromatic rings. The number of hydrogen-bond acceptors (Lipinski definition) is 6. The van der Waals surface area contributed by atoms with E-state index in [0.717, 1.165) is 11.1 Å². The van der Waals surface area contributed by atoms with E-state index in [1.807, 2.05) is 36.2 Å². The highest BCUT2D eigenvalue weighted by Crippen LogP contribution is 2.00. The second-order valence-electron chi connectivity index (χ2n) is 4.74. The number of amides is 1. The molecule has 2 rings (SSSR count). The van der Waals surface area contributed by atoms with Gasteiger partial charge in [0, 0.05) is 13.0 Å². The van der Waals surface area contributed by atoms with Crippen molar-refractivity contribution in [1.82, 2.24) is 20.6 Å². The Hall–Kier alpha value is -3.23. The van der Waals surface area contributed by atoms with Crippen molar-refractivity contribution in [2.45, 2.75) is 13.3 Å². The van der Waals surface area contributed by atoms with Crippen molar-refractivity contribution >= 4 is 17.9 Å². The van der Waals surface area contributed by atoms with E-state index in [1.54, 1.807) is 6.21 Å². The molecule has 120 valence electrons. The Morgan fingerprint density at radius 1 is 1.39 bits per heavy atom. The van der Waals surface area contributed by atoms with Crippen molar-refractivity contribution in [3.05, 3.63) is 56.2 Å². The summed E-state index contributed by atoms with van der Waals surface area (Å²) >= 11 is 0. The Morgan fingerprint density at radius 2 is 2.22 bits per heavy atom. The highest BCUT2D eigenvalue weighted by molar-refractivity contribution is 5.82. The van der Waals surface area contributed by atoms with Gasteiger partial charge in [-0.25, -0.2) is 15.3 Å². The van der Waals surface area contributed by atoms with Crippen LogP contribution in [0.5, 0.6) is 0 Å². The van der Waals surface area contributed by atoms with Crippen LogP contribution in [0.2, 0.25) is 0 Å². The Balaban J connectivity index is 1.77. The summed E-state index contributed by atoms with van der Waals surface area (Å²) in [5.74, 6) is -0.372. The van der Waals surface area contributed by atoms with Gasteiger partial charge in [0.05, 0.1) is 6.21 Å². The molecule has 9 heteroatoms. The van der Waals surface area contributed by atoms with Gasteiger partial charge in [0.15, 0.2) is 0 Å². The molecule has 0 aliphatic heterocycles. The molecule has 1 aromatic carbocycles. The zero-order chi connectivity index (χ0) is 16.7. The fourth-order valence-corrected chi connectivity index (χ4v) is 1.75. The average molecular weight is 316 g/mol. The van der Waals surface area contributed by atoms with Crippen LogP contribution in [-0.4, -0.2) is 33.8 Å². The number of carbonyl (C=O) groups is 1. The van der Waals surface area contributed by atoms with Gasteiger partial charge in [0.1, 0.15) is 0 Å². The molecule has 0 bridgehead atoms. The van der Waals surface area contributed by atoms with Crippen LogP contribution in [0.25, 0.3) is 0 Å². The van der Waals surface area contributed by atoms with Gasteiger partial charge in [-0.05, 0) is 12.5 Å². The molecule has 0 saturated carbocycles. The molecule has 9 nitrogen and oxygen atoms in total. The molecule has 0 spiro atoms. The smallest absolute Gasteiger partial charge is 0.342 e. The summed E-state index contributed by atoms with van der Waals surface area (Å²) in [4.78, 5) is 35.8. The molecule has 0 unspecified atom stereocenters. The molecule has 0 radical (unpaired) electrons. The standard InChI is InChI=1S/C14H16N6O3/c1-9-3-2-4-10(7-9)8-16-18-11(21)5-6-15-12-13(22)17-14(23)20-19-12/h2-4,7-8H,5-6H2,1H3,(H,15,19)(H,18,21)(H2,17,20,22,23)/b16-8+. The van der Waals surface area contributed by atoms with Crippen LogP contribution in [0.15, 0.2) is 39.0 Å². The maximum Gasteiger partial charge on any atom is 0.342 e. The minimum atomic E-state index is -0.691. The minimum absolute atomic E-state index is 0.0549. The Morgan fingerprint density at radius 3 is 2.96 bits per heavy atom. The van der Waals surface area contributed by atoms with Crippen LogP contribution in [0.3, 0.4) is 0 Å². The Kier molecular flexibility index (Phi) is 5.40. The number of H-pyrrole nitrogens is 2. The molecular weight excluding hydrogens is 300 g/mol. The average Bonchev–Trinajstić information content (AvgIpc) is 2.49. The molecule has 0 aliphatic rings. The number of rotatable bonds is 6. The molecule has 1 amide bonds. The zero-order valence-corrected chi connectivity index (χ0v) is 12.4. The summed E-state index contributed by atoms with van der Waals surface area (Å²) in [5.41, 5.74) is 3.03. The summed E-state index contributed by atoms with van der Waals surface area (Å²) in [7, 11) is 0. The van der Waals surface area contributed by atoms with Crippen LogP contribution in [0.4, 0.5) is 5.82 Å². The number of aromatic nitrogens is 3. The first-order valence-corrected chi connectivity index (χ1v) is 6.86. The minimum Gasteiger partial charge on any atom is -0.364 e. The largest absolute Gasteiger partial charge is 0.364 e. The number of carbonyl (C=O) groups excluding carboxylic acids is 1. The van der Waals surface area contributed by atoms with Gasteiger partial charge < -0.3 is 5.32 Å². The number of aromatic amines is 2. The fourth-order valence-electron chi connectivity index (χ4n) is 1.75. The first-order chi connectivity index (χ1) is 11.0. The molecular formula is C14H16N6O3. The molecule has 0 fully saturated rings. The summed E-state index contributed by atoms with van der Waals surface area (Å²) in [5, 5.41) is 12.1. The molecule has 0 saturated heterocycles. The number of anilines is 1. The monoisotopic (exact) mass is 316 g/mol. The normalized spacial score (nSPS) is 10.7. The van der Waals surface area contributed by atoms with Gasteiger partial charge in [-0.1, -0.05) is 29.8 Å². The van der Waals surface area contributed by atoms with E-state index in [0.29, 0.717) is 0 Å². The Bertz CT molecular complexity index is 824. The van der Waals surface area contributed by atoms with Gasteiger partial charge in [-0.3, -0.25) is 14.6 Å². The quantitative estimate of drug-likeness (QED) is 0.430. The number of aryl methyl sites for hydroxylation is 1. The van der Waals surface area contributed by atoms with E-state index in [9.17, 15) is 14.4 Å². The first kappa shape index (κ1) is 16.1. The topological polar surface area (TPSA) is 132 Å². The highest BCUT2D eigenvalue weighted by Gasteiger charge is 2.03. The number of hydrazone groups is 1. The van der Waals surface area contributed by atoms with Gasteiger partial charge >= 0.3 is 5.69 Å². The van der Waals surface area contributed by atoms with Gasteiger partial charge in [-0.15, -0.1) is 5.10 Å². The third kappa shape index (κ3) is 5.23. The lowest BCUT2D eigenvalue weighted by atomic mass is 10.2. The van der Waals surface area contributed by atoms with Gasteiger partial charge in [0.25, 0.3) is 5.56 Å². The second-order valence-corrected chi connectivity index (χ2v) is 4.74. The first-order valence-electron chi connectivity index (χ1n) is 6.86. The van der Waals surface area contributed by atoms with E-state index in [2.05, 4.69) is 26.0 Å². The summed E-state index contributed by atoms with van der Waals surface area (Å²) in [6.07, 6.45) is 1.64. The van der Waals surface area contributed by atoms with E-state index in [-0.39, 0.29) is 24.7 Å². The summed E-state index contributed by atoms with van der Waals surface area (Å²) in [6.45, 7) is 2.14. The van der Waals surface area contributed by atoms with E-state index in [1.165, 1.54) is 0 Å². The van der Waals surface area contributed by atoms with Crippen molar-refractivity contribution < 1.29 is 4.79 Å². The predicted octanol–water partition coefficient (Wildman–Crippen LogP) is -0.281. The molecule has 1 aromatic heterocycles. The molecule has 0 atom stereocenters. The van der Waals surface area contributed by atoms with Crippen molar-refractivity contribution in [2.24, 2.45) is 5.10 Å². The summed E-state index contributed by atoms with van der Waals surface area (Å²) in [6, 6.07) is 7.68. The number of nitrogens with one attached hydrogen (secondary N) is 4. The maximum absolute atomic E-state index is 11.6. The Labute approximate surface area is 130 Å². The maximum atomic E-state index is 11.6. The SMILES string of the molecule is Cc1cccc(/C=N/NC(=O)CCNc2n[nH]c(=O)[nH]c2=O)c1. The zero-order valence-electron chi connectivity index (χ0n) is 12.4. The van der Waals surface area contributed by atoms with Crippen LogP contribution in [0, 0.1) is 6.92 Å². The van der Waals surface area contributed by atoms with Crippen LogP contribution in [0.1, 0.15) is 17.5 Å². The van der Waals surface area contributed by atoms with Crippen LogP contribution >= 0.6 is 0 Å². The molecule has 0 aliphatic carbocycles. The third-order valence-corrected chi connectivity index (χ3v) is 2.80. The van der Waals surface area contributed by atoms with Crippen LogP contribution in [-0.2, 0) is 4.79 Å². The lowest BCUT2D eigenvalue weighted by Gasteiger charge is -2.02.